The number of nitrogens with two attached hydrogens (primary N) is 1. The molecule has 1 aromatic rings. The fraction of sp³-hybridized carbons (Fsp3) is 0.364. The van der Waals surface area contributed by atoms with E-state index in [0.717, 1.165) is 12.1 Å². The van der Waals surface area contributed by atoms with Crippen molar-refractivity contribution in [2.45, 2.75) is 13.5 Å². The first-order chi connectivity index (χ1) is 6.50. The summed E-state index contributed by atoms with van der Waals surface area (Å²) in [5.41, 5.74) is 8.09. The Morgan fingerprint density at radius 3 is 2.50 bits per heavy atom. The first-order valence-corrected chi connectivity index (χ1v) is 4.55. The van der Waals surface area contributed by atoms with Crippen molar-refractivity contribution in [3.05, 3.63) is 34.9 Å². The summed E-state index contributed by atoms with van der Waals surface area (Å²) < 4.78 is 0. The molecule has 0 aliphatic rings. The smallest absolute Gasteiger partial charge is 0.248 e. The summed E-state index contributed by atoms with van der Waals surface area (Å²) in [5, 5.41) is 0. The van der Waals surface area contributed by atoms with Crippen LogP contribution in [0.1, 0.15) is 21.5 Å². The average molecular weight is 192 g/mol. The zero-order valence-electron chi connectivity index (χ0n) is 8.87. The summed E-state index contributed by atoms with van der Waals surface area (Å²) >= 11 is 0. The van der Waals surface area contributed by atoms with E-state index >= 15 is 0 Å². The monoisotopic (exact) mass is 192 g/mol. The molecular formula is C11H16N2O. The SMILES string of the molecule is Cc1cc(C(N)=O)ccc1CN(C)C. The number of carbonyl (C=O) groups is 1. The molecular weight excluding hydrogens is 176 g/mol. The highest BCUT2D eigenvalue weighted by molar-refractivity contribution is 5.93. The number of rotatable bonds is 3. The van der Waals surface area contributed by atoms with Crippen molar-refractivity contribution in [2.75, 3.05) is 14.1 Å². The van der Waals surface area contributed by atoms with Crippen LogP contribution in [0.2, 0.25) is 0 Å². The van der Waals surface area contributed by atoms with Gasteiger partial charge in [-0.25, -0.2) is 0 Å². The first kappa shape index (κ1) is 10.7. The lowest BCUT2D eigenvalue weighted by atomic mass is 10.0. The fourth-order valence-electron chi connectivity index (χ4n) is 1.37. The van der Waals surface area contributed by atoms with Gasteiger partial charge in [0.05, 0.1) is 0 Å². The third kappa shape index (κ3) is 2.57. The number of primary amides is 1. The van der Waals surface area contributed by atoms with Crippen molar-refractivity contribution in [1.29, 1.82) is 0 Å². The van der Waals surface area contributed by atoms with Gasteiger partial charge in [-0.2, -0.15) is 0 Å². The van der Waals surface area contributed by atoms with Crippen molar-refractivity contribution >= 4 is 5.91 Å². The molecule has 76 valence electrons. The summed E-state index contributed by atoms with van der Waals surface area (Å²) in [5.74, 6) is -0.371. The second-order valence-corrected chi connectivity index (χ2v) is 3.74. The predicted octanol–water partition coefficient (Wildman–Crippen LogP) is 1.16. The van der Waals surface area contributed by atoms with E-state index in [2.05, 4.69) is 4.90 Å². The molecule has 0 saturated carbocycles. The molecule has 0 unspecified atom stereocenters. The van der Waals surface area contributed by atoms with Crippen LogP contribution in [-0.4, -0.2) is 24.9 Å². The molecule has 0 saturated heterocycles. The summed E-state index contributed by atoms with van der Waals surface area (Å²) in [6, 6.07) is 5.56. The van der Waals surface area contributed by atoms with Crippen molar-refractivity contribution in [2.24, 2.45) is 5.73 Å². The molecule has 3 nitrogen and oxygen atoms in total. The van der Waals surface area contributed by atoms with Crippen LogP contribution in [0.5, 0.6) is 0 Å². The number of nitrogens with zero attached hydrogens (tertiary/aromatic N) is 1. The lowest BCUT2D eigenvalue weighted by Crippen LogP contribution is -2.14. The van der Waals surface area contributed by atoms with Crippen LogP contribution in [0.3, 0.4) is 0 Å². The van der Waals surface area contributed by atoms with Crippen molar-refractivity contribution in [3.63, 3.8) is 0 Å². The molecule has 2 N–H and O–H groups in total. The van der Waals surface area contributed by atoms with Crippen molar-refractivity contribution in [1.82, 2.24) is 4.90 Å². The Kier molecular flexibility index (Phi) is 3.25. The largest absolute Gasteiger partial charge is 0.366 e. The molecule has 14 heavy (non-hydrogen) atoms. The zero-order chi connectivity index (χ0) is 10.7. The van der Waals surface area contributed by atoms with Crippen LogP contribution >= 0.6 is 0 Å². The van der Waals surface area contributed by atoms with Crippen LogP contribution in [0.15, 0.2) is 18.2 Å². The molecule has 1 aromatic carbocycles. The Labute approximate surface area is 84.5 Å². The molecule has 3 heteroatoms. The molecule has 1 amide bonds. The van der Waals surface area contributed by atoms with Gasteiger partial charge in [0.2, 0.25) is 5.91 Å². The van der Waals surface area contributed by atoms with E-state index in [1.54, 1.807) is 6.07 Å². The van der Waals surface area contributed by atoms with Gasteiger partial charge in [0.25, 0.3) is 0 Å². The van der Waals surface area contributed by atoms with Crippen LogP contribution < -0.4 is 5.73 Å². The highest BCUT2D eigenvalue weighted by atomic mass is 16.1. The van der Waals surface area contributed by atoms with Gasteiger partial charge in [-0.05, 0) is 44.3 Å². The minimum Gasteiger partial charge on any atom is -0.366 e. The average Bonchev–Trinajstić information content (AvgIpc) is 2.07. The standard InChI is InChI=1S/C11H16N2O/c1-8-6-9(11(12)14)4-5-10(8)7-13(2)3/h4-6H,7H2,1-3H3,(H2,12,14). The van der Waals surface area contributed by atoms with Crippen LogP contribution in [-0.2, 0) is 6.54 Å². The maximum atomic E-state index is 10.9. The second kappa shape index (κ2) is 4.24. The van der Waals surface area contributed by atoms with Gasteiger partial charge in [0.1, 0.15) is 0 Å². The van der Waals surface area contributed by atoms with Gasteiger partial charge in [0, 0.05) is 12.1 Å². The van der Waals surface area contributed by atoms with Gasteiger partial charge >= 0.3 is 0 Å². The van der Waals surface area contributed by atoms with Crippen molar-refractivity contribution < 1.29 is 4.79 Å². The normalized spacial score (nSPS) is 10.6. The lowest BCUT2D eigenvalue weighted by Gasteiger charge is -2.12. The molecule has 0 spiro atoms. The molecule has 0 aliphatic heterocycles. The second-order valence-electron chi connectivity index (χ2n) is 3.74. The van der Waals surface area contributed by atoms with Gasteiger partial charge in [-0.3, -0.25) is 4.79 Å². The Morgan fingerprint density at radius 1 is 1.43 bits per heavy atom. The van der Waals surface area contributed by atoms with E-state index in [-0.39, 0.29) is 5.91 Å². The molecule has 0 bridgehead atoms. The quantitative estimate of drug-likeness (QED) is 0.781. The van der Waals surface area contributed by atoms with Crippen LogP contribution in [0.25, 0.3) is 0 Å². The molecule has 0 fully saturated rings. The molecule has 0 aromatic heterocycles. The highest BCUT2D eigenvalue weighted by Crippen LogP contribution is 2.12. The van der Waals surface area contributed by atoms with E-state index in [9.17, 15) is 4.79 Å². The number of amides is 1. The number of benzene rings is 1. The number of aryl methyl sites for hydroxylation is 1. The van der Waals surface area contributed by atoms with Gasteiger partial charge < -0.3 is 10.6 Å². The van der Waals surface area contributed by atoms with E-state index in [1.807, 2.05) is 33.2 Å². The first-order valence-electron chi connectivity index (χ1n) is 4.55. The van der Waals surface area contributed by atoms with Gasteiger partial charge in [-0.15, -0.1) is 0 Å². The summed E-state index contributed by atoms with van der Waals surface area (Å²) in [6.07, 6.45) is 0. The Bertz CT molecular complexity index is 345. The lowest BCUT2D eigenvalue weighted by molar-refractivity contribution is 0.1000. The molecule has 1 rings (SSSR count). The number of hydrogen-bond acceptors (Lipinski definition) is 2. The topological polar surface area (TPSA) is 46.3 Å². The summed E-state index contributed by atoms with van der Waals surface area (Å²) in [4.78, 5) is 13.0. The van der Waals surface area contributed by atoms with Crippen LogP contribution in [0, 0.1) is 6.92 Å². The van der Waals surface area contributed by atoms with E-state index in [0.29, 0.717) is 5.56 Å². The minimum absolute atomic E-state index is 0.371. The minimum atomic E-state index is -0.371. The highest BCUT2D eigenvalue weighted by Gasteiger charge is 2.04. The number of carbonyl (C=O) groups excluding carboxylic acids is 1. The fourth-order valence-corrected chi connectivity index (χ4v) is 1.37. The predicted molar refractivity (Wildman–Crippen MR) is 57.1 cm³/mol. The molecule has 0 aliphatic carbocycles. The molecule has 0 radical (unpaired) electrons. The Morgan fingerprint density at radius 2 is 2.07 bits per heavy atom. The van der Waals surface area contributed by atoms with E-state index in [1.165, 1.54) is 5.56 Å². The van der Waals surface area contributed by atoms with Gasteiger partial charge in [0.15, 0.2) is 0 Å². The third-order valence-electron chi connectivity index (χ3n) is 2.11. The van der Waals surface area contributed by atoms with E-state index < -0.39 is 0 Å². The summed E-state index contributed by atoms with van der Waals surface area (Å²) in [7, 11) is 4.03. The molecule has 0 heterocycles. The maximum absolute atomic E-state index is 10.9. The zero-order valence-corrected chi connectivity index (χ0v) is 8.87. The maximum Gasteiger partial charge on any atom is 0.248 e. The Hall–Kier alpha value is -1.35. The molecule has 0 atom stereocenters. The van der Waals surface area contributed by atoms with Gasteiger partial charge in [-0.1, -0.05) is 6.07 Å². The Balaban J connectivity index is 2.95. The number of hydrogen-bond donors (Lipinski definition) is 1. The van der Waals surface area contributed by atoms with Crippen molar-refractivity contribution in [3.8, 4) is 0 Å². The van der Waals surface area contributed by atoms with E-state index in [4.69, 9.17) is 5.73 Å². The summed E-state index contributed by atoms with van der Waals surface area (Å²) in [6.45, 7) is 2.87. The van der Waals surface area contributed by atoms with Crippen LogP contribution in [0.4, 0.5) is 0 Å². The third-order valence-corrected chi connectivity index (χ3v) is 2.11.